The van der Waals surface area contributed by atoms with Gasteiger partial charge in [0.2, 0.25) is 0 Å². The summed E-state index contributed by atoms with van der Waals surface area (Å²) in [6, 6.07) is 7.21. The molecule has 0 aliphatic carbocycles. The van der Waals surface area contributed by atoms with E-state index in [1.54, 1.807) is 102 Å². The van der Waals surface area contributed by atoms with E-state index in [1.165, 1.54) is 0 Å². The predicted molar refractivity (Wildman–Crippen MR) is 181 cm³/mol. The molecule has 46 heavy (non-hydrogen) atoms. The lowest BCUT2D eigenvalue weighted by Gasteiger charge is -2.09. The van der Waals surface area contributed by atoms with Crippen molar-refractivity contribution in [2.24, 2.45) is 0 Å². The van der Waals surface area contributed by atoms with Gasteiger partial charge in [0.1, 0.15) is 23.0 Å². The van der Waals surface area contributed by atoms with Crippen molar-refractivity contribution in [3.05, 3.63) is 119 Å². The first-order valence-electron chi connectivity index (χ1n) is 14.2. The van der Waals surface area contributed by atoms with Gasteiger partial charge in [0, 0.05) is 71.8 Å². The summed E-state index contributed by atoms with van der Waals surface area (Å²) in [6.45, 7) is 0. The van der Waals surface area contributed by atoms with Gasteiger partial charge in [-0.25, -0.2) is 9.97 Å². The Hall–Kier alpha value is -6.16. The number of pyridine rings is 4. The minimum absolute atomic E-state index is 0.610. The van der Waals surface area contributed by atoms with E-state index in [1.807, 2.05) is 48.6 Å². The van der Waals surface area contributed by atoms with Crippen LogP contribution in [-0.4, -0.2) is 58.3 Å². The van der Waals surface area contributed by atoms with Crippen LogP contribution in [0.15, 0.2) is 73.8 Å². The Kier molecular flexibility index (Phi) is 10.6. The highest BCUT2D eigenvalue weighted by Crippen LogP contribution is 2.26. The lowest BCUT2D eigenvalue weighted by Crippen LogP contribution is -2.00. The van der Waals surface area contributed by atoms with Crippen molar-refractivity contribution in [3.63, 3.8) is 0 Å². The first kappa shape index (κ1) is 31.3. The van der Waals surface area contributed by atoms with Crippen LogP contribution in [0, 0.1) is 0 Å². The second kappa shape index (κ2) is 15.5. The molecule has 230 valence electrons. The molecular weight excluding hydrogens is 580 g/mol. The standard InChI is InChI=1S/C36H32N6O4/c1-43-33-13-17-37-21-25(33)5-9-29-30(10-6-26-22-38-18-14-34(26)44-2)42-32(12-8-28-24-40-20-16-36(28)46-4)31(41-29)11-7-27-23-39-19-15-35(27)45-3/h5-24H,1-4H3. The number of rotatable bonds is 12. The van der Waals surface area contributed by atoms with E-state index in [4.69, 9.17) is 28.9 Å². The van der Waals surface area contributed by atoms with Gasteiger partial charge in [0.15, 0.2) is 0 Å². The predicted octanol–water partition coefficient (Wildman–Crippen LogP) is 6.77. The molecule has 0 spiro atoms. The number of methoxy groups -OCH3 is 4. The molecule has 0 saturated heterocycles. The van der Waals surface area contributed by atoms with Crippen molar-refractivity contribution in [2.45, 2.75) is 0 Å². The maximum Gasteiger partial charge on any atom is 0.129 e. The molecule has 5 aromatic rings. The minimum Gasteiger partial charge on any atom is -0.496 e. The number of nitrogens with zero attached hydrogens (tertiary/aromatic N) is 6. The van der Waals surface area contributed by atoms with Crippen LogP contribution in [0.25, 0.3) is 48.6 Å². The van der Waals surface area contributed by atoms with Gasteiger partial charge in [-0.3, -0.25) is 19.9 Å². The van der Waals surface area contributed by atoms with Crippen LogP contribution in [0.1, 0.15) is 45.0 Å². The summed E-state index contributed by atoms with van der Waals surface area (Å²) < 4.78 is 22.1. The summed E-state index contributed by atoms with van der Waals surface area (Å²) in [4.78, 5) is 27.1. The molecule has 10 heteroatoms. The first-order valence-corrected chi connectivity index (χ1v) is 14.2. The Balaban J connectivity index is 1.68. The van der Waals surface area contributed by atoms with Crippen molar-refractivity contribution >= 4 is 48.6 Å². The second-order valence-corrected chi connectivity index (χ2v) is 9.57. The molecule has 0 aliphatic rings. The fourth-order valence-electron chi connectivity index (χ4n) is 4.47. The summed E-state index contributed by atoms with van der Waals surface area (Å²) in [6.07, 6.45) is 28.7. The highest BCUT2D eigenvalue weighted by atomic mass is 16.5. The molecule has 5 rings (SSSR count). The van der Waals surface area contributed by atoms with E-state index in [0.717, 1.165) is 22.3 Å². The molecule has 0 amide bonds. The quantitative estimate of drug-likeness (QED) is 0.149. The summed E-state index contributed by atoms with van der Waals surface area (Å²) in [5.41, 5.74) is 5.61. The Morgan fingerprint density at radius 1 is 0.370 bits per heavy atom. The Bertz CT molecular complexity index is 1650. The molecule has 10 nitrogen and oxygen atoms in total. The van der Waals surface area contributed by atoms with Gasteiger partial charge in [-0.05, 0) is 72.9 Å². The van der Waals surface area contributed by atoms with E-state index in [2.05, 4.69) is 19.9 Å². The van der Waals surface area contributed by atoms with Gasteiger partial charge < -0.3 is 18.9 Å². The molecule has 0 N–H and O–H groups in total. The van der Waals surface area contributed by atoms with Crippen molar-refractivity contribution in [2.75, 3.05) is 28.4 Å². The number of hydrogen-bond donors (Lipinski definition) is 0. The van der Waals surface area contributed by atoms with Gasteiger partial charge in [-0.1, -0.05) is 0 Å². The zero-order valence-corrected chi connectivity index (χ0v) is 25.9. The van der Waals surface area contributed by atoms with Gasteiger partial charge in [0.25, 0.3) is 0 Å². The van der Waals surface area contributed by atoms with Crippen molar-refractivity contribution in [1.82, 2.24) is 29.9 Å². The van der Waals surface area contributed by atoms with Crippen molar-refractivity contribution in [1.29, 1.82) is 0 Å². The van der Waals surface area contributed by atoms with Crippen LogP contribution in [0.2, 0.25) is 0 Å². The van der Waals surface area contributed by atoms with Crippen LogP contribution in [-0.2, 0) is 0 Å². The van der Waals surface area contributed by atoms with Crippen LogP contribution in [0.4, 0.5) is 0 Å². The average Bonchev–Trinajstić information content (AvgIpc) is 3.12. The normalized spacial score (nSPS) is 11.6. The maximum absolute atomic E-state index is 5.52. The molecular formula is C36H32N6O4. The fourth-order valence-corrected chi connectivity index (χ4v) is 4.47. The zero-order chi connectivity index (χ0) is 32.1. The fraction of sp³-hybridized carbons (Fsp3) is 0.111. The summed E-state index contributed by atoms with van der Waals surface area (Å²) in [5, 5.41) is 0. The smallest absolute Gasteiger partial charge is 0.129 e. The summed E-state index contributed by atoms with van der Waals surface area (Å²) in [5.74, 6) is 2.74. The molecule has 5 aromatic heterocycles. The number of aromatic nitrogens is 6. The second-order valence-electron chi connectivity index (χ2n) is 9.57. The van der Waals surface area contributed by atoms with Gasteiger partial charge in [-0.15, -0.1) is 0 Å². The molecule has 0 saturated carbocycles. The largest absolute Gasteiger partial charge is 0.496 e. The highest BCUT2D eigenvalue weighted by Gasteiger charge is 2.11. The third-order valence-electron chi connectivity index (χ3n) is 6.81. The maximum atomic E-state index is 5.52. The number of hydrogen-bond acceptors (Lipinski definition) is 10. The first-order chi connectivity index (χ1) is 22.6. The lowest BCUT2D eigenvalue weighted by molar-refractivity contribution is 0.413. The Morgan fingerprint density at radius 2 is 0.609 bits per heavy atom. The van der Waals surface area contributed by atoms with E-state index < -0.39 is 0 Å². The topological polar surface area (TPSA) is 114 Å². The van der Waals surface area contributed by atoms with Gasteiger partial charge in [-0.2, -0.15) is 0 Å². The number of ether oxygens (including phenoxy) is 4. The third kappa shape index (κ3) is 7.67. The van der Waals surface area contributed by atoms with E-state index in [-0.39, 0.29) is 0 Å². The minimum atomic E-state index is 0.610. The Morgan fingerprint density at radius 3 is 0.826 bits per heavy atom. The lowest BCUT2D eigenvalue weighted by atomic mass is 10.1. The highest BCUT2D eigenvalue weighted by molar-refractivity contribution is 5.83. The van der Waals surface area contributed by atoms with Crippen molar-refractivity contribution in [3.8, 4) is 23.0 Å². The molecule has 0 aliphatic heterocycles. The van der Waals surface area contributed by atoms with Crippen LogP contribution in [0.3, 0.4) is 0 Å². The summed E-state index contributed by atoms with van der Waals surface area (Å²) in [7, 11) is 6.48. The monoisotopic (exact) mass is 612 g/mol. The van der Waals surface area contributed by atoms with Gasteiger partial charge >= 0.3 is 0 Å². The van der Waals surface area contributed by atoms with Crippen LogP contribution >= 0.6 is 0 Å². The van der Waals surface area contributed by atoms with E-state index in [9.17, 15) is 0 Å². The Labute approximate surface area is 267 Å². The zero-order valence-electron chi connectivity index (χ0n) is 25.9. The molecule has 0 aromatic carbocycles. The van der Waals surface area contributed by atoms with Crippen molar-refractivity contribution < 1.29 is 18.9 Å². The van der Waals surface area contributed by atoms with Gasteiger partial charge in [0.05, 0.1) is 51.2 Å². The van der Waals surface area contributed by atoms with Crippen LogP contribution in [0.5, 0.6) is 23.0 Å². The van der Waals surface area contributed by atoms with E-state index in [0.29, 0.717) is 45.8 Å². The molecule has 0 atom stereocenters. The molecule has 0 bridgehead atoms. The molecule has 0 radical (unpaired) electrons. The molecule has 0 fully saturated rings. The summed E-state index contributed by atoms with van der Waals surface area (Å²) >= 11 is 0. The average molecular weight is 613 g/mol. The van der Waals surface area contributed by atoms with E-state index >= 15 is 0 Å². The molecule has 5 heterocycles. The SMILES string of the molecule is COc1ccncc1C=Cc1nc(C=Cc2cnccc2OC)c(C=Cc2cnccc2OC)nc1C=Cc1cnccc1OC. The van der Waals surface area contributed by atoms with Crippen LogP contribution < -0.4 is 18.9 Å². The third-order valence-corrected chi connectivity index (χ3v) is 6.81. The molecule has 0 unspecified atom stereocenters.